The average Bonchev–Trinajstić information content (AvgIpc) is 3.22. The first-order chi connectivity index (χ1) is 9.58. The van der Waals surface area contributed by atoms with E-state index < -0.39 is 5.97 Å². The van der Waals surface area contributed by atoms with Gasteiger partial charge in [-0.1, -0.05) is 0 Å². The normalized spacial score (nSPS) is 18.6. The summed E-state index contributed by atoms with van der Waals surface area (Å²) in [6, 6.07) is 1.66. The van der Waals surface area contributed by atoms with E-state index in [1.807, 2.05) is 0 Å². The second-order valence-corrected chi connectivity index (χ2v) is 6.04. The van der Waals surface area contributed by atoms with Crippen molar-refractivity contribution in [2.24, 2.45) is 5.92 Å². The molecule has 0 saturated heterocycles. The molecule has 0 aromatic heterocycles. The summed E-state index contributed by atoms with van der Waals surface area (Å²) in [6.45, 7) is 0.863. The summed E-state index contributed by atoms with van der Waals surface area (Å²) in [5.74, 6) is 0.308. The largest absolute Gasteiger partial charge is 0.506 e. The number of aliphatic carboxylic acids is 1. The number of benzene rings is 1. The molecule has 1 aliphatic heterocycles. The molecule has 1 aromatic rings. The van der Waals surface area contributed by atoms with Crippen molar-refractivity contribution in [3.8, 4) is 17.2 Å². The highest BCUT2D eigenvalue weighted by molar-refractivity contribution is 9.10. The Hall–Kier alpha value is -1.43. The molecule has 20 heavy (non-hydrogen) atoms. The van der Waals surface area contributed by atoms with Gasteiger partial charge in [-0.2, -0.15) is 0 Å². The number of hydrogen-bond donors (Lipinski definition) is 2. The molecule has 2 aliphatic rings. The van der Waals surface area contributed by atoms with Gasteiger partial charge in [0.25, 0.3) is 0 Å². The molecule has 0 bridgehead atoms. The van der Waals surface area contributed by atoms with E-state index in [2.05, 4.69) is 15.9 Å². The number of hydrogen-bond acceptors (Lipinski definition) is 4. The van der Waals surface area contributed by atoms with Crippen molar-refractivity contribution >= 4 is 21.9 Å². The van der Waals surface area contributed by atoms with Gasteiger partial charge in [-0.15, -0.1) is 0 Å². The maximum atomic E-state index is 11.1. The van der Waals surface area contributed by atoms with Crippen molar-refractivity contribution in [3.05, 3.63) is 16.1 Å². The number of phenols is 1. The first kappa shape index (κ1) is 13.5. The van der Waals surface area contributed by atoms with Crippen LogP contribution in [-0.4, -0.2) is 29.4 Å². The SMILES string of the molecule is O=C(O)CC(c1c(O)c(Br)cc2c1OCCO2)C1CC1. The van der Waals surface area contributed by atoms with Crippen LogP contribution in [0.25, 0.3) is 0 Å². The van der Waals surface area contributed by atoms with Crippen LogP contribution in [0.1, 0.15) is 30.7 Å². The Morgan fingerprint density at radius 2 is 2.10 bits per heavy atom. The maximum Gasteiger partial charge on any atom is 0.303 e. The summed E-state index contributed by atoms with van der Waals surface area (Å²) in [5.41, 5.74) is 0.568. The molecule has 1 atom stereocenters. The number of fused-ring (bicyclic) bond motifs is 1. The summed E-state index contributed by atoms with van der Waals surface area (Å²) in [5, 5.41) is 19.5. The number of aromatic hydroxyl groups is 1. The van der Waals surface area contributed by atoms with Gasteiger partial charge in [0.2, 0.25) is 0 Å². The van der Waals surface area contributed by atoms with E-state index in [0.717, 1.165) is 12.8 Å². The Morgan fingerprint density at radius 1 is 1.40 bits per heavy atom. The quantitative estimate of drug-likeness (QED) is 0.879. The summed E-state index contributed by atoms with van der Waals surface area (Å²) < 4.78 is 11.7. The van der Waals surface area contributed by atoms with Crippen LogP contribution in [0.4, 0.5) is 0 Å². The minimum atomic E-state index is -0.869. The van der Waals surface area contributed by atoms with Gasteiger partial charge >= 0.3 is 5.97 Å². The number of rotatable bonds is 4. The molecule has 2 N–H and O–H groups in total. The lowest BCUT2D eigenvalue weighted by atomic mass is 9.89. The van der Waals surface area contributed by atoms with Gasteiger partial charge in [-0.05, 0) is 34.7 Å². The fourth-order valence-electron chi connectivity index (χ4n) is 2.70. The molecular formula is C14H15BrO5. The van der Waals surface area contributed by atoms with Crippen LogP contribution in [-0.2, 0) is 4.79 Å². The van der Waals surface area contributed by atoms with Crippen molar-refractivity contribution in [1.29, 1.82) is 0 Å². The second kappa shape index (κ2) is 5.16. The minimum absolute atomic E-state index is 0.00944. The van der Waals surface area contributed by atoms with Gasteiger partial charge in [0.1, 0.15) is 19.0 Å². The lowest BCUT2D eigenvalue weighted by molar-refractivity contribution is -0.137. The number of carboxylic acid groups (broad SMARTS) is 1. The first-order valence-corrected chi connectivity index (χ1v) is 7.40. The molecule has 1 heterocycles. The molecule has 5 nitrogen and oxygen atoms in total. The van der Waals surface area contributed by atoms with E-state index in [4.69, 9.17) is 14.6 Å². The van der Waals surface area contributed by atoms with E-state index in [1.54, 1.807) is 6.07 Å². The van der Waals surface area contributed by atoms with Gasteiger partial charge in [0, 0.05) is 17.5 Å². The third kappa shape index (κ3) is 2.44. The molecular weight excluding hydrogens is 328 g/mol. The van der Waals surface area contributed by atoms with Crippen LogP contribution in [0.3, 0.4) is 0 Å². The monoisotopic (exact) mass is 342 g/mol. The zero-order valence-corrected chi connectivity index (χ0v) is 12.4. The molecule has 108 valence electrons. The van der Waals surface area contributed by atoms with Crippen molar-refractivity contribution in [3.63, 3.8) is 0 Å². The van der Waals surface area contributed by atoms with Crippen LogP contribution >= 0.6 is 15.9 Å². The Kier molecular flexibility index (Phi) is 3.50. The Morgan fingerprint density at radius 3 is 2.75 bits per heavy atom. The molecule has 0 spiro atoms. The van der Waals surface area contributed by atoms with Crippen LogP contribution in [0.2, 0.25) is 0 Å². The predicted molar refractivity (Wildman–Crippen MR) is 74.5 cm³/mol. The van der Waals surface area contributed by atoms with Crippen molar-refractivity contribution in [2.75, 3.05) is 13.2 Å². The second-order valence-electron chi connectivity index (χ2n) is 5.19. The average molecular weight is 343 g/mol. The van der Waals surface area contributed by atoms with Crippen molar-refractivity contribution in [2.45, 2.75) is 25.2 Å². The molecule has 1 fully saturated rings. The van der Waals surface area contributed by atoms with Gasteiger partial charge in [-0.25, -0.2) is 0 Å². The third-order valence-electron chi connectivity index (χ3n) is 3.75. The van der Waals surface area contributed by atoms with Gasteiger partial charge in [-0.3, -0.25) is 4.79 Å². The van der Waals surface area contributed by atoms with E-state index in [0.29, 0.717) is 40.7 Å². The molecule has 1 aromatic carbocycles. The number of phenolic OH excluding ortho intramolecular Hbond substituents is 1. The smallest absolute Gasteiger partial charge is 0.303 e. The Bertz CT molecular complexity index is 553. The minimum Gasteiger partial charge on any atom is -0.506 e. The van der Waals surface area contributed by atoms with E-state index in [-0.39, 0.29) is 18.1 Å². The van der Waals surface area contributed by atoms with Crippen LogP contribution in [0.15, 0.2) is 10.5 Å². The van der Waals surface area contributed by atoms with Gasteiger partial charge < -0.3 is 19.7 Å². The van der Waals surface area contributed by atoms with Crippen LogP contribution in [0, 0.1) is 5.92 Å². The topological polar surface area (TPSA) is 76.0 Å². The number of carbonyl (C=O) groups is 1. The number of carboxylic acids is 1. The lowest BCUT2D eigenvalue weighted by Gasteiger charge is -2.26. The highest BCUT2D eigenvalue weighted by Crippen LogP contribution is 2.54. The summed E-state index contributed by atoms with van der Waals surface area (Å²) in [6.07, 6.45) is 1.96. The molecule has 3 rings (SSSR count). The predicted octanol–water partition coefficient (Wildman–Crippen LogP) is 2.89. The fourth-order valence-corrected chi connectivity index (χ4v) is 3.13. The third-order valence-corrected chi connectivity index (χ3v) is 4.36. The van der Waals surface area contributed by atoms with Gasteiger partial charge in [0.05, 0.1) is 10.9 Å². The molecule has 1 unspecified atom stereocenters. The maximum absolute atomic E-state index is 11.1. The standard InChI is InChI=1S/C14H15BrO5/c15-9-6-10-14(20-4-3-19-10)12(13(9)18)8(5-11(16)17)7-1-2-7/h6-8,18H,1-5H2,(H,16,17). The van der Waals surface area contributed by atoms with Crippen LogP contribution < -0.4 is 9.47 Å². The zero-order chi connectivity index (χ0) is 14.3. The zero-order valence-electron chi connectivity index (χ0n) is 10.8. The van der Waals surface area contributed by atoms with E-state index >= 15 is 0 Å². The summed E-state index contributed by atoms with van der Waals surface area (Å²) in [4.78, 5) is 11.1. The number of ether oxygens (including phenoxy) is 2. The highest BCUT2D eigenvalue weighted by atomic mass is 79.9. The molecule has 0 amide bonds. The number of halogens is 1. The Labute approximate surface area is 124 Å². The molecule has 1 saturated carbocycles. The Balaban J connectivity index is 2.09. The lowest BCUT2D eigenvalue weighted by Crippen LogP contribution is -2.19. The fraction of sp³-hybridized carbons (Fsp3) is 0.500. The summed E-state index contributed by atoms with van der Waals surface area (Å²) >= 11 is 3.30. The van der Waals surface area contributed by atoms with Gasteiger partial charge in [0.15, 0.2) is 11.5 Å². The highest BCUT2D eigenvalue weighted by Gasteiger charge is 2.39. The molecule has 6 heteroatoms. The molecule has 0 radical (unpaired) electrons. The van der Waals surface area contributed by atoms with Crippen molar-refractivity contribution in [1.82, 2.24) is 0 Å². The first-order valence-electron chi connectivity index (χ1n) is 6.60. The summed E-state index contributed by atoms with van der Waals surface area (Å²) in [7, 11) is 0. The molecule has 1 aliphatic carbocycles. The van der Waals surface area contributed by atoms with E-state index in [9.17, 15) is 9.90 Å². The van der Waals surface area contributed by atoms with E-state index in [1.165, 1.54) is 0 Å². The van der Waals surface area contributed by atoms with Crippen molar-refractivity contribution < 1.29 is 24.5 Å². The van der Waals surface area contributed by atoms with Crippen LogP contribution in [0.5, 0.6) is 17.2 Å².